The van der Waals surface area contributed by atoms with Gasteiger partial charge in [-0.25, -0.2) is 4.79 Å². The molecular formula is C24H20BN5O5S. The van der Waals surface area contributed by atoms with Crippen molar-refractivity contribution >= 4 is 43.7 Å². The van der Waals surface area contributed by atoms with Crippen LogP contribution in [0.4, 0.5) is 0 Å². The van der Waals surface area contributed by atoms with Crippen LogP contribution >= 0.6 is 11.8 Å². The summed E-state index contributed by atoms with van der Waals surface area (Å²) in [5, 5.41) is 7.71. The van der Waals surface area contributed by atoms with Gasteiger partial charge in [-0.05, 0) is 11.1 Å². The maximum Gasteiger partial charge on any atom is 0.378 e. The van der Waals surface area contributed by atoms with Crippen molar-refractivity contribution in [2.75, 3.05) is 6.54 Å². The second-order valence-corrected chi connectivity index (χ2v) is 9.90. The van der Waals surface area contributed by atoms with E-state index in [1.807, 2.05) is 60.7 Å². The lowest BCUT2D eigenvalue weighted by atomic mass is 9.90. The third kappa shape index (κ3) is 4.17. The molecule has 12 heteroatoms. The molecule has 0 bridgehead atoms. The first-order valence-electron chi connectivity index (χ1n) is 11.1. The van der Waals surface area contributed by atoms with Crippen LogP contribution in [0.1, 0.15) is 17.5 Å². The lowest BCUT2D eigenvalue weighted by molar-refractivity contribution is -0.153. The zero-order valence-electron chi connectivity index (χ0n) is 19.0. The van der Waals surface area contributed by atoms with Gasteiger partial charge in [-0.15, -0.1) is 0 Å². The molecule has 2 saturated heterocycles. The predicted molar refractivity (Wildman–Crippen MR) is 132 cm³/mol. The van der Waals surface area contributed by atoms with Crippen LogP contribution in [0.2, 0.25) is 0 Å². The first-order valence-corrected chi connectivity index (χ1v) is 12.0. The van der Waals surface area contributed by atoms with Gasteiger partial charge in [-0.2, -0.15) is 19.6 Å². The van der Waals surface area contributed by atoms with Gasteiger partial charge >= 0.3 is 19.7 Å². The van der Waals surface area contributed by atoms with E-state index in [9.17, 15) is 19.2 Å². The number of ketones is 1. The van der Waals surface area contributed by atoms with Gasteiger partial charge in [0.15, 0.2) is 0 Å². The molecule has 0 N–H and O–H groups in total. The normalized spacial score (nSPS) is 22.9. The Hall–Kier alpha value is -3.93. The van der Waals surface area contributed by atoms with E-state index >= 15 is 0 Å². The molecule has 5 rings (SSSR count). The van der Waals surface area contributed by atoms with E-state index in [4.69, 9.17) is 8.05 Å². The van der Waals surface area contributed by atoms with Crippen molar-refractivity contribution < 1.29 is 19.0 Å². The molecule has 3 heterocycles. The fourth-order valence-electron chi connectivity index (χ4n) is 4.41. The highest BCUT2D eigenvalue weighted by molar-refractivity contribution is 8.01. The molecule has 2 fully saturated rings. The summed E-state index contributed by atoms with van der Waals surface area (Å²) in [6.45, 7) is -0.167. The van der Waals surface area contributed by atoms with Crippen LogP contribution in [0.25, 0.3) is 0 Å². The van der Waals surface area contributed by atoms with Crippen LogP contribution in [-0.2, 0) is 30.3 Å². The van der Waals surface area contributed by atoms with Gasteiger partial charge in [0.1, 0.15) is 12.1 Å². The number of fused-ring (bicyclic) bond motifs is 1. The second-order valence-electron chi connectivity index (χ2n) is 8.50. The van der Waals surface area contributed by atoms with Gasteiger partial charge in [0, 0.05) is 12.8 Å². The van der Waals surface area contributed by atoms with Gasteiger partial charge in [0.2, 0.25) is 10.8 Å². The number of β-lactam (4-membered cyclic amide) rings is 1. The Morgan fingerprint density at radius 1 is 1.14 bits per heavy atom. The molecule has 1 amide bonds. The Labute approximate surface area is 211 Å². The van der Waals surface area contributed by atoms with Crippen molar-refractivity contribution in [2.45, 2.75) is 23.1 Å². The fraction of sp³-hybridized carbons (Fsp3) is 0.250. The van der Waals surface area contributed by atoms with Crippen molar-refractivity contribution in [3.63, 3.8) is 0 Å². The summed E-state index contributed by atoms with van der Waals surface area (Å²) in [6, 6.07) is 18.4. The van der Waals surface area contributed by atoms with E-state index in [-0.39, 0.29) is 31.1 Å². The zero-order chi connectivity index (χ0) is 25.3. The molecule has 0 spiro atoms. The van der Waals surface area contributed by atoms with Crippen LogP contribution in [0.15, 0.2) is 76.9 Å². The largest absolute Gasteiger partial charge is 0.541 e. The van der Waals surface area contributed by atoms with Crippen molar-refractivity contribution in [1.29, 1.82) is 0 Å². The quantitative estimate of drug-likeness (QED) is 0.256. The molecule has 2 aliphatic rings. The summed E-state index contributed by atoms with van der Waals surface area (Å²) < 4.78 is 6.45. The Morgan fingerprint density at radius 2 is 1.83 bits per heavy atom. The Kier molecular flexibility index (Phi) is 6.35. The molecule has 2 aromatic carbocycles. The SMILES string of the molecule is [B]OC(=O)[C@@]1(n2ncn(/N=C/c3ccccc3)c2=O)CN2C(=O)C(CC(=O)Cc3ccccc3)[C@H]2S1. The fourth-order valence-corrected chi connectivity index (χ4v) is 6.07. The lowest BCUT2D eigenvalue weighted by Crippen LogP contribution is -2.58. The number of carbonyl (C=O) groups excluding carboxylic acids is 3. The van der Waals surface area contributed by atoms with E-state index in [0.717, 1.165) is 32.2 Å². The van der Waals surface area contributed by atoms with E-state index in [1.165, 1.54) is 17.4 Å². The number of aromatic nitrogens is 3. The highest BCUT2D eigenvalue weighted by atomic mass is 32.2. The number of Topliss-reactive ketones (excluding diaryl/α,β-unsaturated/α-hetero) is 1. The third-order valence-corrected chi connectivity index (χ3v) is 7.88. The van der Waals surface area contributed by atoms with Crippen LogP contribution in [0.3, 0.4) is 0 Å². The second kappa shape index (κ2) is 9.61. The van der Waals surface area contributed by atoms with Crippen LogP contribution < -0.4 is 5.69 Å². The highest BCUT2D eigenvalue weighted by Crippen LogP contribution is 2.52. The number of thioether (sulfide) groups is 1. The van der Waals surface area contributed by atoms with E-state index in [2.05, 4.69) is 14.9 Å². The molecule has 10 nitrogen and oxygen atoms in total. The maximum absolute atomic E-state index is 13.1. The Balaban J connectivity index is 1.37. The Bertz CT molecular complexity index is 1390. The highest BCUT2D eigenvalue weighted by Gasteiger charge is 2.64. The summed E-state index contributed by atoms with van der Waals surface area (Å²) in [5.74, 6) is -1.90. The van der Waals surface area contributed by atoms with E-state index in [0.29, 0.717) is 0 Å². The average molecular weight is 501 g/mol. The minimum atomic E-state index is -1.70. The molecule has 180 valence electrons. The standard InChI is InChI=1S/C24H20BN5O5S/c25-35-22(33)24(30-23(34)29(15-27-30)26-13-17-9-5-2-6-10-17)14-28-20(32)19(21(28)36-24)12-18(31)11-16-7-3-1-4-8-16/h1-10,13,15,19,21H,11-12,14H2/b26-13+/t19?,21-,24-/m1/s1. The Morgan fingerprint density at radius 3 is 2.53 bits per heavy atom. The molecule has 3 atom stereocenters. The van der Waals surface area contributed by atoms with E-state index in [1.54, 1.807) is 0 Å². The minimum absolute atomic E-state index is 0.0281. The topological polar surface area (TPSA) is 116 Å². The van der Waals surface area contributed by atoms with Gasteiger partial charge < -0.3 is 9.55 Å². The average Bonchev–Trinajstić information content (AvgIpc) is 3.46. The summed E-state index contributed by atoms with van der Waals surface area (Å²) >= 11 is 1.03. The predicted octanol–water partition coefficient (Wildman–Crippen LogP) is 0.940. The molecule has 2 aliphatic heterocycles. The number of hydrogen-bond donors (Lipinski definition) is 0. The maximum atomic E-state index is 13.1. The van der Waals surface area contributed by atoms with Crippen LogP contribution in [0.5, 0.6) is 0 Å². The molecule has 0 saturated carbocycles. The van der Waals surface area contributed by atoms with Crippen molar-refractivity contribution in [2.24, 2.45) is 11.0 Å². The van der Waals surface area contributed by atoms with Gasteiger partial charge in [0.25, 0.3) is 0 Å². The van der Waals surface area contributed by atoms with Gasteiger partial charge in [0.05, 0.1) is 24.1 Å². The van der Waals surface area contributed by atoms with Crippen LogP contribution in [-0.4, -0.2) is 63.2 Å². The number of carbonyl (C=O) groups is 3. The summed E-state index contributed by atoms with van der Waals surface area (Å²) in [5.41, 5.74) is 0.923. The number of rotatable bonds is 8. The number of hydrogen-bond acceptors (Lipinski definition) is 8. The molecule has 0 aliphatic carbocycles. The number of amides is 1. The first-order chi connectivity index (χ1) is 17.4. The molecule has 1 unspecified atom stereocenters. The van der Waals surface area contributed by atoms with E-state index < -0.39 is 27.8 Å². The molecular weight excluding hydrogens is 481 g/mol. The van der Waals surface area contributed by atoms with Gasteiger partial charge in [-0.1, -0.05) is 72.4 Å². The van der Waals surface area contributed by atoms with Crippen LogP contribution in [0, 0.1) is 5.92 Å². The first kappa shape index (κ1) is 23.8. The monoisotopic (exact) mass is 501 g/mol. The summed E-state index contributed by atoms with van der Waals surface area (Å²) in [7, 11) is 5.21. The van der Waals surface area contributed by atoms with Crippen molar-refractivity contribution in [1.82, 2.24) is 19.4 Å². The number of nitrogens with zero attached hydrogens (tertiary/aromatic N) is 5. The number of benzene rings is 2. The molecule has 36 heavy (non-hydrogen) atoms. The van der Waals surface area contributed by atoms with Gasteiger partial charge in [-0.3, -0.25) is 14.4 Å². The zero-order valence-corrected chi connectivity index (χ0v) is 19.8. The minimum Gasteiger partial charge on any atom is -0.541 e. The summed E-state index contributed by atoms with van der Waals surface area (Å²) in [6.07, 6.45) is 2.89. The van der Waals surface area contributed by atoms with Crippen molar-refractivity contribution in [3.8, 4) is 0 Å². The third-order valence-electron chi connectivity index (χ3n) is 6.20. The molecule has 1 aromatic heterocycles. The molecule has 2 radical (unpaired) electrons. The molecule has 3 aromatic rings. The van der Waals surface area contributed by atoms with Crippen molar-refractivity contribution in [3.05, 3.63) is 88.6 Å². The lowest BCUT2D eigenvalue weighted by Gasteiger charge is -2.40. The summed E-state index contributed by atoms with van der Waals surface area (Å²) in [4.78, 5) is 51.2. The smallest absolute Gasteiger partial charge is 0.378 e.